The maximum atomic E-state index is 6.69. The Labute approximate surface area is 448 Å². The number of para-hydroxylation sites is 6. The maximum Gasteiger partial charge on any atom is 0.159 e. The number of hydrogen-bond acceptors (Lipinski definition) is 1. The van der Waals surface area contributed by atoms with Crippen molar-refractivity contribution in [2.24, 2.45) is 0 Å². The number of rotatable bonds is 5. The van der Waals surface area contributed by atoms with Gasteiger partial charge in [-0.05, 0) is 128 Å². The summed E-state index contributed by atoms with van der Waals surface area (Å²) in [4.78, 5) is 0. The van der Waals surface area contributed by atoms with Crippen LogP contribution >= 0.6 is 0 Å². The van der Waals surface area contributed by atoms with Crippen LogP contribution in [0, 0.1) is 0 Å². The Morgan fingerprint density at radius 3 is 1.28 bits per heavy atom. The van der Waals surface area contributed by atoms with Crippen LogP contribution in [0.4, 0.5) is 0 Å². The summed E-state index contributed by atoms with van der Waals surface area (Å²) in [5.41, 5.74) is 25.7. The van der Waals surface area contributed by atoms with Gasteiger partial charge in [-0.1, -0.05) is 188 Å². The number of fused-ring (bicyclic) bond motifs is 13. The molecule has 0 radical (unpaired) electrons. The summed E-state index contributed by atoms with van der Waals surface area (Å²) >= 11 is 0. The fourth-order valence-corrected chi connectivity index (χ4v) is 14.5. The van der Waals surface area contributed by atoms with Crippen molar-refractivity contribution in [3.63, 3.8) is 0 Å². The van der Waals surface area contributed by atoms with Crippen molar-refractivity contribution in [1.82, 2.24) is 13.7 Å². The highest BCUT2D eigenvalue weighted by Gasteiger charge is 2.44. The number of nitrogens with zero attached hydrogens (tertiary/aromatic N) is 3. The SMILES string of the molecule is c1ccc(-n2c3ccccc3c3ccc4c5cc(-c6ccc(-c7ccc8c(c7)c7ccccc7n8-c7cccc8c7oc7ccccc78)c7c6C6c8ccccc8C7c7ccccc76)ccc5n(-c5ccccc5)c4c32)cc1. The van der Waals surface area contributed by atoms with Gasteiger partial charge in [0.25, 0.3) is 0 Å². The van der Waals surface area contributed by atoms with Crippen LogP contribution in [-0.2, 0) is 0 Å². The first-order valence-electron chi connectivity index (χ1n) is 27.2. The molecule has 0 unspecified atom stereocenters. The minimum atomic E-state index is 0.0601. The Hall–Kier alpha value is -10.2. The number of hydrogen-bond donors (Lipinski definition) is 0. The zero-order chi connectivity index (χ0) is 50.7. The van der Waals surface area contributed by atoms with E-state index in [1.165, 1.54) is 110 Å². The Morgan fingerprint density at radius 2 is 0.705 bits per heavy atom. The van der Waals surface area contributed by atoms with Gasteiger partial charge in [0.1, 0.15) is 5.58 Å². The largest absolute Gasteiger partial charge is 0.454 e. The molecule has 19 rings (SSSR count). The van der Waals surface area contributed by atoms with E-state index in [0.717, 1.165) is 50.0 Å². The minimum Gasteiger partial charge on any atom is -0.454 e. The monoisotopic (exact) mass is 991 g/mol. The second kappa shape index (κ2) is 15.7. The summed E-state index contributed by atoms with van der Waals surface area (Å²) in [6.07, 6.45) is 0. The van der Waals surface area contributed by atoms with Crippen molar-refractivity contribution in [2.75, 3.05) is 0 Å². The van der Waals surface area contributed by atoms with E-state index in [2.05, 4.69) is 268 Å². The number of aromatic nitrogens is 3. The molecule has 0 saturated heterocycles. The molecule has 0 aliphatic heterocycles. The summed E-state index contributed by atoms with van der Waals surface area (Å²) in [7, 11) is 0. The Balaban J connectivity index is 0.895. The predicted molar refractivity (Wildman–Crippen MR) is 322 cm³/mol. The average Bonchev–Trinajstić information content (AvgIpc) is 2.99. The van der Waals surface area contributed by atoms with Gasteiger partial charge < -0.3 is 18.1 Å². The molecule has 2 bridgehead atoms. The zero-order valence-corrected chi connectivity index (χ0v) is 42.2. The third-order valence-electron chi connectivity index (χ3n) is 17.6. The predicted octanol–water partition coefficient (Wildman–Crippen LogP) is 19.2. The van der Waals surface area contributed by atoms with Crippen LogP contribution < -0.4 is 0 Å². The number of benzene rings is 12. The molecular weight excluding hydrogens is 947 g/mol. The van der Waals surface area contributed by atoms with E-state index in [9.17, 15) is 0 Å². The molecule has 4 nitrogen and oxygen atoms in total. The first-order valence-corrected chi connectivity index (χ1v) is 27.2. The van der Waals surface area contributed by atoms with Crippen LogP contribution in [0.2, 0.25) is 0 Å². The third kappa shape index (κ3) is 5.57. The van der Waals surface area contributed by atoms with Crippen LogP contribution in [0.25, 0.3) is 127 Å². The van der Waals surface area contributed by atoms with Crippen LogP contribution in [0.15, 0.2) is 265 Å². The molecule has 0 saturated carbocycles. The molecule has 12 aromatic carbocycles. The fraction of sp³-hybridized carbons (Fsp3) is 0.0270. The third-order valence-corrected chi connectivity index (χ3v) is 17.6. The van der Waals surface area contributed by atoms with Crippen LogP contribution in [0.3, 0.4) is 0 Å². The van der Waals surface area contributed by atoms with Crippen molar-refractivity contribution in [2.45, 2.75) is 11.8 Å². The minimum absolute atomic E-state index is 0.0601. The van der Waals surface area contributed by atoms with Gasteiger partial charge in [-0.2, -0.15) is 0 Å². The molecule has 362 valence electrons. The second-order valence-electron chi connectivity index (χ2n) is 21.4. The van der Waals surface area contributed by atoms with Crippen LogP contribution in [0.5, 0.6) is 0 Å². The van der Waals surface area contributed by atoms with Crippen molar-refractivity contribution in [3.8, 4) is 39.3 Å². The van der Waals surface area contributed by atoms with E-state index < -0.39 is 0 Å². The van der Waals surface area contributed by atoms with E-state index in [-0.39, 0.29) is 11.8 Å². The summed E-state index contributed by atoms with van der Waals surface area (Å²) < 4.78 is 14.1. The van der Waals surface area contributed by atoms with Gasteiger partial charge in [0.05, 0.1) is 38.8 Å². The van der Waals surface area contributed by atoms with Gasteiger partial charge in [0, 0.05) is 66.3 Å². The first-order chi connectivity index (χ1) is 38.7. The molecule has 16 aromatic rings. The molecule has 0 spiro atoms. The highest BCUT2D eigenvalue weighted by Crippen LogP contribution is 2.60. The summed E-state index contributed by atoms with van der Waals surface area (Å²) in [5.74, 6) is 0.122. The second-order valence-corrected chi connectivity index (χ2v) is 21.4. The quantitative estimate of drug-likeness (QED) is 0.169. The van der Waals surface area contributed by atoms with E-state index in [0.29, 0.717) is 0 Å². The van der Waals surface area contributed by atoms with Gasteiger partial charge in [-0.15, -0.1) is 0 Å². The van der Waals surface area contributed by atoms with E-state index in [4.69, 9.17) is 4.42 Å². The van der Waals surface area contributed by atoms with Gasteiger partial charge in [0.15, 0.2) is 5.58 Å². The molecule has 0 fully saturated rings. The van der Waals surface area contributed by atoms with Crippen molar-refractivity contribution in [1.29, 1.82) is 0 Å². The van der Waals surface area contributed by atoms with Crippen molar-refractivity contribution >= 4 is 87.4 Å². The smallest absolute Gasteiger partial charge is 0.159 e. The molecule has 3 aliphatic rings. The lowest BCUT2D eigenvalue weighted by Crippen LogP contribution is -2.28. The summed E-state index contributed by atoms with van der Waals surface area (Å²) in [5, 5.41) is 9.64. The van der Waals surface area contributed by atoms with Crippen LogP contribution in [0.1, 0.15) is 45.2 Å². The lowest BCUT2D eigenvalue weighted by atomic mass is 9.58. The van der Waals surface area contributed by atoms with Crippen molar-refractivity contribution in [3.05, 3.63) is 294 Å². The molecule has 0 atom stereocenters. The van der Waals surface area contributed by atoms with Gasteiger partial charge in [0.2, 0.25) is 0 Å². The Kier molecular flexibility index (Phi) is 8.48. The van der Waals surface area contributed by atoms with E-state index in [1.807, 2.05) is 6.07 Å². The van der Waals surface area contributed by atoms with Crippen LogP contribution in [-0.4, -0.2) is 13.7 Å². The molecule has 0 amide bonds. The molecule has 4 heteroatoms. The summed E-state index contributed by atoms with van der Waals surface area (Å²) in [6.45, 7) is 0. The fourth-order valence-electron chi connectivity index (χ4n) is 14.5. The van der Waals surface area contributed by atoms with E-state index >= 15 is 0 Å². The zero-order valence-electron chi connectivity index (χ0n) is 42.2. The standard InChI is InChI=1S/C74H45N3O/c1-3-18-46(19-4-1)75-62-30-14-11-22-50(62)57-38-39-58-61-43-45(34-40-64(61)76(73(58)72(57)75)47-20-5-2-6-21-47)49-37-36-48(70-68-53-25-7-9-27-55(53)69(71(49)70)56-28-10-8-26-54(56)68)44-35-41-65-60(42-44)51-23-12-15-31-63(51)77(65)66-32-17-29-59-52-24-13-16-33-67(52)78-74(59)66/h1-43,68-69H. The van der Waals surface area contributed by atoms with Gasteiger partial charge in [-0.25, -0.2) is 0 Å². The normalized spacial score (nSPS) is 14.7. The highest BCUT2D eigenvalue weighted by atomic mass is 16.3. The topological polar surface area (TPSA) is 27.9 Å². The van der Waals surface area contributed by atoms with E-state index in [1.54, 1.807) is 0 Å². The Morgan fingerprint density at radius 1 is 0.282 bits per heavy atom. The highest BCUT2D eigenvalue weighted by molar-refractivity contribution is 6.24. The lowest BCUT2D eigenvalue weighted by molar-refractivity contribution is 0.666. The molecule has 78 heavy (non-hydrogen) atoms. The summed E-state index contributed by atoms with van der Waals surface area (Å²) in [6, 6.07) is 97.0. The molecule has 4 aromatic heterocycles. The lowest BCUT2D eigenvalue weighted by Gasteiger charge is -2.44. The molecular formula is C74H45N3O. The van der Waals surface area contributed by atoms with Gasteiger partial charge in [-0.3, -0.25) is 0 Å². The van der Waals surface area contributed by atoms with Crippen molar-refractivity contribution < 1.29 is 4.42 Å². The molecule has 0 N–H and O–H groups in total. The molecule has 4 heterocycles. The molecule has 3 aliphatic carbocycles. The van der Waals surface area contributed by atoms with Gasteiger partial charge >= 0.3 is 0 Å². The Bertz CT molecular complexity index is 5170. The number of furan rings is 1. The average molecular weight is 992 g/mol. The first kappa shape index (κ1) is 42.1. The maximum absolute atomic E-state index is 6.69.